The fourth-order valence-corrected chi connectivity index (χ4v) is 1.70. The Bertz CT molecular complexity index is 339. The number of nitrogens with one attached hydrogen (secondary N) is 1. The molecule has 1 aromatic rings. The zero-order valence-corrected chi connectivity index (χ0v) is 9.29. The largest absolute Gasteiger partial charge is 0.372 e. The Morgan fingerprint density at radius 3 is 3.13 bits per heavy atom. The second-order valence-corrected chi connectivity index (χ2v) is 4.03. The van der Waals surface area contributed by atoms with Gasteiger partial charge in [0.15, 0.2) is 0 Å². The zero-order chi connectivity index (χ0) is 10.7. The van der Waals surface area contributed by atoms with E-state index in [1.54, 1.807) is 6.33 Å². The fraction of sp³-hybridized carbons (Fsp3) is 0.636. The van der Waals surface area contributed by atoms with E-state index in [-0.39, 0.29) is 6.10 Å². The van der Waals surface area contributed by atoms with Crippen molar-refractivity contribution in [2.75, 3.05) is 6.54 Å². The maximum atomic E-state index is 5.58. The molecule has 0 spiro atoms. The van der Waals surface area contributed by atoms with E-state index >= 15 is 0 Å². The number of hydrogen-bond donors (Lipinski definition) is 1. The molecule has 1 aliphatic heterocycles. The molecule has 15 heavy (non-hydrogen) atoms. The standard InChI is InChI=1S/C11H17N3O/c1-8(2)15-6-11-9-5-12-4-3-10(9)13-7-14-11/h7-8,12H,3-6H2,1-2H3. The van der Waals surface area contributed by atoms with E-state index in [0.29, 0.717) is 6.61 Å². The SMILES string of the molecule is CC(C)OCc1ncnc2c1CNCC2. The van der Waals surface area contributed by atoms with Crippen LogP contribution in [0.5, 0.6) is 0 Å². The minimum Gasteiger partial charge on any atom is -0.372 e. The first kappa shape index (κ1) is 10.5. The van der Waals surface area contributed by atoms with E-state index in [1.165, 1.54) is 11.3 Å². The van der Waals surface area contributed by atoms with Gasteiger partial charge in [-0.2, -0.15) is 0 Å². The van der Waals surface area contributed by atoms with Crippen molar-refractivity contribution in [3.63, 3.8) is 0 Å². The van der Waals surface area contributed by atoms with Crippen LogP contribution in [0.3, 0.4) is 0 Å². The Morgan fingerprint density at radius 1 is 1.47 bits per heavy atom. The van der Waals surface area contributed by atoms with Crippen molar-refractivity contribution in [2.24, 2.45) is 0 Å². The molecule has 1 N–H and O–H groups in total. The molecule has 0 atom stereocenters. The maximum absolute atomic E-state index is 5.58. The minimum absolute atomic E-state index is 0.243. The molecule has 1 aromatic heterocycles. The molecule has 0 fully saturated rings. The summed E-state index contributed by atoms with van der Waals surface area (Å²) >= 11 is 0. The van der Waals surface area contributed by atoms with Crippen LogP contribution in [0, 0.1) is 0 Å². The van der Waals surface area contributed by atoms with Gasteiger partial charge in [-0.1, -0.05) is 0 Å². The molecule has 2 rings (SSSR count). The number of nitrogens with zero attached hydrogens (tertiary/aromatic N) is 2. The smallest absolute Gasteiger partial charge is 0.116 e. The van der Waals surface area contributed by atoms with Crippen LogP contribution in [0.25, 0.3) is 0 Å². The highest BCUT2D eigenvalue weighted by Gasteiger charge is 2.14. The number of rotatable bonds is 3. The minimum atomic E-state index is 0.243. The zero-order valence-electron chi connectivity index (χ0n) is 9.29. The predicted octanol–water partition coefficient (Wildman–Crippen LogP) is 1.05. The van der Waals surface area contributed by atoms with Gasteiger partial charge in [0.2, 0.25) is 0 Å². The van der Waals surface area contributed by atoms with Gasteiger partial charge in [0.25, 0.3) is 0 Å². The van der Waals surface area contributed by atoms with Gasteiger partial charge >= 0.3 is 0 Å². The van der Waals surface area contributed by atoms with Gasteiger partial charge in [0.1, 0.15) is 6.33 Å². The Morgan fingerprint density at radius 2 is 2.33 bits per heavy atom. The molecule has 4 heteroatoms. The summed E-state index contributed by atoms with van der Waals surface area (Å²) in [7, 11) is 0. The van der Waals surface area contributed by atoms with Crippen LogP contribution in [0.2, 0.25) is 0 Å². The van der Waals surface area contributed by atoms with E-state index in [2.05, 4.69) is 15.3 Å². The normalized spacial score (nSPS) is 15.4. The van der Waals surface area contributed by atoms with Crippen LogP contribution >= 0.6 is 0 Å². The Hall–Kier alpha value is -1.00. The van der Waals surface area contributed by atoms with E-state index < -0.39 is 0 Å². The Kier molecular flexibility index (Phi) is 3.28. The monoisotopic (exact) mass is 207 g/mol. The summed E-state index contributed by atoms with van der Waals surface area (Å²) in [6.45, 7) is 6.53. The highest BCUT2D eigenvalue weighted by molar-refractivity contribution is 5.26. The summed E-state index contributed by atoms with van der Waals surface area (Å²) in [6.07, 6.45) is 2.88. The Balaban J connectivity index is 2.16. The number of fused-ring (bicyclic) bond motifs is 1. The predicted molar refractivity (Wildman–Crippen MR) is 57.4 cm³/mol. The molecule has 0 saturated heterocycles. The lowest BCUT2D eigenvalue weighted by molar-refractivity contribution is 0.0628. The van der Waals surface area contributed by atoms with Crippen molar-refractivity contribution in [2.45, 2.75) is 39.5 Å². The first-order valence-electron chi connectivity index (χ1n) is 5.41. The molecule has 82 valence electrons. The first-order valence-corrected chi connectivity index (χ1v) is 5.41. The van der Waals surface area contributed by atoms with Crippen LogP contribution in [0.1, 0.15) is 30.8 Å². The lowest BCUT2D eigenvalue weighted by Crippen LogP contribution is -2.26. The molecular formula is C11H17N3O. The molecule has 0 bridgehead atoms. The van der Waals surface area contributed by atoms with E-state index in [0.717, 1.165) is 25.2 Å². The first-order chi connectivity index (χ1) is 7.27. The van der Waals surface area contributed by atoms with Gasteiger partial charge in [-0.3, -0.25) is 0 Å². The fourth-order valence-electron chi connectivity index (χ4n) is 1.70. The summed E-state index contributed by atoms with van der Waals surface area (Å²) in [4.78, 5) is 8.59. The number of ether oxygens (including phenoxy) is 1. The molecule has 0 aliphatic carbocycles. The van der Waals surface area contributed by atoms with Crippen molar-refractivity contribution in [3.8, 4) is 0 Å². The highest BCUT2D eigenvalue weighted by atomic mass is 16.5. The lowest BCUT2D eigenvalue weighted by Gasteiger charge is -2.18. The summed E-state index contributed by atoms with van der Waals surface area (Å²) in [5.74, 6) is 0. The second-order valence-electron chi connectivity index (χ2n) is 4.03. The molecule has 4 nitrogen and oxygen atoms in total. The Labute approximate surface area is 90.1 Å². The van der Waals surface area contributed by atoms with Gasteiger partial charge < -0.3 is 10.1 Å². The second kappa shape index (κ2) is 4.68. The summed E-state index contributed by atoms with van der Waals surface area (Å²) in [5, 5.41) is 3.33. The lowest BCUT2D eigenvalue weighted by atomic mass is 10.1. The van der Waals surface area contributed by atoms with Crippen molar-refractivity contribution < 1.29 is 4.74 Å². The van der Waals surface area contributed by atoms with E-state index in [4.69, 9.17) is 4.74 Å². The topological polar surface area (TPSA) is 47.0 Å². The third kappa shape index (κ3) is 2.52. The molecule has 2 heterocycles. The summed E-state index contributed by atoms with van der Waals surface area (Å²) < 4.78 is 5.58. The van der Waals surface area contributed by atoms with Gasteiger partial charge in [0.05, 0.1) is 18.4 Å². The van der Waals surface area contributed by atoms with Crippen molar-refractivity contribution in [1.29, 1.82) is 0 Å². The van der Waals surface area contributed by atoms with E-state index in [1.807, 2.05) is 13.8 Å². The molecule has 0 saturated carbocycles. The van der Waals surface area contributed by atoms with Crippen LogP contribution in [0.15, 0.2) is 6.33 Å². The third-order valence-electron chi connectivity index (χ3n) is 2.52. The average Bonchev–Trinajstić information content (AvgIpc) is 2.26. The maximum Gasteiger partial charge on any atom is 0.116 e. The molecule has 1 aliphatic rings. The van der Waals surface area contributed by atoms with Crippen molar-refractivity contribution in [3.05, 3.63) is 23.3 Å². The summed E-state index contributed by atoms with van der Waals surface area (Å²) in [5.41, 5.74) is 3.43. The average molecular weight is 207 g/mol. The van der Waals surface area contributed by atoms with Gasteiger partial charge in [-0.05, 0) is 13.8 Å². The molecule has 0 aromatic carbocycles. The molecule has 0 unspecified atom stereocenters. The highest BCUT2D eigenvalue weighted by Crippen LogP contribution is 2.15. The molecule has 0 amide bonds. The molecular weight excluding hydrogens is 190 g/mol. The third-order valence-corrected chi connectivity index (χ3v) is 2.52. The molecule has 0 radical (unpaired) electrons. The van der Waals surface area contributed by atoms with E-state index in [9.17, 15) is 0 Å². The van der Waals surface area contributed by atoms with Crippen LogP contribution < -0.4 is 5.32 Å². The number of aromatic nitrogens is 2. The van der Waals surface area contributed by atoms with Crippen LogP contribution in [-0.4, -0.2) is 22.6 Å². The van der Waals surface area contributed by atoms with Crippen LogP contribution in [0.4, 0.5) is 0 Å². The summed E-state index contributed by atoms with van der Waals surface area (Å²) in [6, 6.07) is 0. The van der Waals surface area contributed by atoms with Gasteiger partial charge in [0, 0.05) is 30.8 Å². The van der Waals surface area contributed by atoms with Gasteiger partial charge in [-0.15, -0.1) is 0 Å². The quantitative estimate of drug-likeness (QED) is 0.804. The van der Waals surface area contributed by atoms with Crippen molar-refractivity contribution >= 4 is 0 Å². The van der Waals surface area contributed by atoms with Crippen LogP contribution in [-0.2, 0) is 24.3 Å². The van der Waals surface area contributed by atoms with Gasteiger partial charge in [-0.25, -0.2) is 9.97 Å². The number of hydrogen-bond acceptors (Lipinski definition) is 4. The van der Waals surface area contributed by atoms with Crippen molar-refractivity contribution in [1.82, 2.24) is 15.3 Å².